The lowest BCUT2D eigenvalue weighted by Gasteiger charge is -2.22. The number of unbranched alkanes of at least 4 members (excludes halogenated alkanes) is 3. The Hall–Kier alpha value is -4.49. The fraction of sp³-hybridized carbons (Fsp3) is 0.250. The summed E-state index contributed by atoms with van der Waals surface area (Å²) in [7, 11) is 1.97. The average Bonchev–Trinajstić information content (AvgIpc) is 3.04. The number of thiocarbonyl (C=S) groups is 1. The van der Waals surface area contributed by atoms with E-state index in [1.807, 2.05) is 66.5 Å². The number of ketones is 1. The fourth-order valence-corrected chi connectivity index (χ4v) is 5.09. The van der Waals surface area contributed by atoms with Crippen LogP contribution >= 0.6 is 12.2 Å². The number of nitrogens with one attached hydrogen (secondary N) is 2. The molecule has 0 aromatic heterocycles. The van der Waals surface area contributed by atoms with E-state index in [2.05, 4.69) is 29.7 Å². The van der Waals surface area contributed by atoms with Crippen LogP contribution in [0.5, 0.6) is 0 Å². The maximum Gasteiger partial charge on any atom is 0.326 e. The molecule has 1 atom stereocenters. The molecule has 0 saturated heterocycles. The van der Waals surface area contributed by atoms with Gasteiger partial charge in [0.1, 0.15) is 6.04 Å². The van der Waals surface area contributed by atoms with Crippen molar-refractivity contribution < 1.29 is 14.7 Å². The summed E-state index contributed by atoms with van der Waals surface area (Å²) in [4.78, 5) is 27.4. The van der Waals surface area contributed by atoms with Crippen molar-refractivity contribution in [2.75, 3.05) is 23.8 Å². The van der Waals surface area contributed by atoms with Crippen molar-refractivity contribution in [1.29, 1.82) is 0 Å². The fourth-order valence-electron chi connectivity index (χ4n) is 4.89. The largest absolute Gasteiger partial charge is 0.480 e. The molecule has 0 fully saturated rings. The van der Waals surface area contributed by atoms with E-state index in [0.717, 1.165) is 35.3 Å². The highest BCUT2D eigenvalue weighted by Gasteiger charge is 2.21. The summed E-state index contributed by atoms with van der Waals surface area (Å²) < 4.78 is 0. The molecule has 0 aliphatic heterocycles. The minimum absolute atomic E-state index is 0.159. The molecule has 4 aromatic rings. The first kappa shape index (κ1) is 31.4. The van der Waals surface area contributed by atoms with Crippen LogP contribution in [0.1, 0.15) is 54.1 Å². The van der Waals surface area contributed by atoms with Gasteiger partial charge in [-0.05, 0) is 59.6 Å². The Kier molecular flexibility index (Phi) is 11.5. The third kappa shape index (κ3) is 8.75. The second kappa shape index (κ2) is 15.7. The summed E-state index contributed by atoms with van der Waals surface area (Å²) in [6.07, 6.45) is 5.00. The Morgan fingerprint density at radius 3 is 2.28 bits per heavy atom. The van der Waals surface area contributed by atoms with Gasteiger partial charge in [-0.15, -0.1) is 0 Å². The molecule has 0 amide bonds. The summed E-state index contributed by atoms with van der Waals surface area (Å²) in [5.41, 5.74) is 5.42. The number of hydrogen-bond donors (Lipinski definition) is 3. The van der Waals surface area contributed by atoms with Crippen molar-refractivity contribution in [3.63, 3.8) is 0 Å². The molecule has 4 aromatic carbocycles. The predicted molar refractivity (Wildman–Crippen MR) is 180 cm³/mol. The average molecular weight is 594 g/mol. The van der Waals surface area contributed by atoms with Gasteiger partial charge in [-0.2, -0.15) is 0 Å². The minimum atomic E-state index is -0.989. The molecule has 0 bridgehead atoms. The topological polar surface area (TPSA) is 81.7 Å². The first-order valence-electron chi connectivity index (χ1n) is 14.8. The number of rotatable bonds is 14. The monoisotopic (exact) mass is 593 g/mol. The number of para-hydroxylation sites is 1. The molecule has 4 rings (SSSR count). The van der Waals surface area contributed by atoms with Crippen LogP contribution in [0, 0.1) is 0 Å². The lowest BCUT2D eigenvalue weighted by atomic mass is 9.98. The van der Waals surface area contributed by atoms with Gasteiger partial charge in [0.05, 0.1) is 0 Å². The van der Waals surface area contributed by atoms with Crippen molar-refractivity contribution >= 4 is 40.5 Å². The van der Waals surface area contributed by atoms with Gasteiger partial charge in [-0.3, -0.25) is 4.79 Å². The van der Waals surface area contributed by atoms with Crippen LogP contribution in [0.3, 0.4) is 0 Å². The quantitative estimate of drug-likeness (QED) is 0.0790. The third-order valence-corrected chi connectivity index (χ3v) is 7.83. The number of carboxylic acid groups (broad SMARTS) is 1. The van der Waals surface area contributed by atoms with Crippen molar-refractivity contribution in [3.05, 3.63) is 120 Å². The van der Waals surface area contributed by atoms with Gasteiger partial charge in [0, 0.05) is 42.5 Å². The molecule has 0 heterocycles. The minimum Gasteiger partial charge on any atom is -0.480 e. The maximum absolute atomic E-state index is 13.1. The standard InChI is InChI=1S/C36H39N3O3S/c1-3-4-5-11-23-37-36(43)39(2)30-16-12-15-29(25-30)27-21-19-26(20-22-27)24-33(35(41)42)38-32-18-10-9-17-31(32)34(40)28-13-7-6-8-14-28/h6-10,12-22,25,33,38H,3-5,11,23-24H2,1-2H3,(H,37,43)(H,41,42). The molecule has 0 aliphatic carbocycles. The molecule has 0 radical (unpaired) electrons. The first-order valence-corrected chi connectivity index (χ1v) is 15.2. The lowest BCUT2D eigenvalue weighted by Crippen LogP contribution is -2.37. The van der Waals surface area contributed by atoms with Gasteiger partial charge in [0.2, 0.25) is 0 Å². The van der Waals surface area contributed by atoms with Gasteiger partial charge in [-0.1, -0.05) is 105 Å². The maximum atomic E-state index is 13.1. The molecule has 0 aliphatic rings. The second-order valence-electron chi connectivity index (χ2n) is 10.6. The third-order valence-electron chi connectivity index (χ3n) is 7.41. The zero-order chi connectivity index (χ0) is 30.6. The van der Waals surface area contributed by atoms with Crippen LogP contribution in [0.2, 0.25) is 0 Å². The van der Waals surface area contributed by atoms with Gasteiger partial charge >= 0.3 is 5.97 Å². The van der Waals surface area contributed by atoms with E-state index in [1.165, 1.54) is 19.3 Å². The molecular weight excluding hydrogens is 554 g/mol. The van der Waals surface area contributed by atoms with Gasteiger partial charge in [0.15, 0.2) is 10.9 Å². The highest BCUT2D eigenvalue weighted by atomic mass is 32.1. The van der Waals surface area contributed by atoms with Gasteiger partial charge in [-0.25, -0.2) is 4.79 Å². The molecule has 0 saturated carbocycles. The van der Waals surface area contributed by atoms with Crippen LogP contribution in [-0.4, -0.2) is 41.6 Å². The molecule has 7 heteroatoms. The Labute approximate surface area is 259 Å². The SMILES string of the molecule is CCCCCCNC(=S)N(C)c1cccc(-c2ccc(CC(Nc3ccccc3C(=O)c3ccccc3)C(=O)O)cc2)c1. The van der Waals surface area contributed by atoms with Crippen molar-refractivity contribution in [2.45, 2.75) is 45.1 Å². The van der Waals surface area contributed by atoms with Crippen LogP contribution in [0.15, 0.2) is 103 Å². The number of carbonyl (C=O) groups excluding carboxylic acids is 1. The highest BCUT2D eigenvalue weighted by Crippen LogP contribution is 2.26. The Bertz CT molecular complexity index is 1520. The van der Waals surface area contributed by atoms with E-state index in [4.69, 9.17) is 12.2 Å². The number of hydrogen-bond acceptors (Lipinski definition) is 4. The molecule has 6 nitrogen and oxygen atoms in total. The summed E-state index contributed by atoms with van der Waals surface area (Å²) >= 11 is 5.61. The van der Waals surface area contributed by atoms with Gasteiger partial charge in [0.25, 0.3) is 0 Å². The molecular formula is C36H39N3O3S. The van der Waals surface area contributed by atoms with E-state index in [9.17, 15) is 14.7 Å². The summed E-state index contributed by atoms with van der Waals surface area (Å²) in [6.45, 7) is 3.07. The smallest absolute Gasteiger partial charge is 0.326 e. The molecule has 0 spiro atoms. The van der Waals surface area contributed by atoms with Crippen molar-refractivity contribution in [3.8, 4) is 11.1 Å². The van der Waals surface area contributed by atoms with E-state index in [-0.39, 0.29) is 12.2 Å². The van der Waals surface area contributed by atoms with E-state index >= 15 is 0 Å². The Balaban J connectivity index is 1.43. The normalized spacial score (nSPS) is 11.4. The van der Waals surface area contributed by atoms with E-state index in [0.29, 0.717) is 21.9 Å². The molecule has 222 valence electrons. The molecule has 1 unspecified atom stereocenters. The number of aliphatic carboxylic acids is 1. The summed E-state index contributed by atoms with van der Waals surface area (Å²) in [5.74, 6) is -1.15. The van der Waals surface area contributed by atoms with Crippen LogP contribution in [0.25, 0.3) is 11.1 Å². The van der Waals surface area contributed by atoms with E-state index in [1.54, 1.807) is 36.4 Å². The molecule has 3 N–H and O–H groups in total. The summed E-state index contributed by atoms with van der Waals surface area (Å²) in [6, 6.07) is 31.2. The zero-order valence-corrected chi connectivity index (χ0v) is 25.6. The number of nitrogens with zero attached hydrogens (tertiary/aromatic N) is 1. The molecule has 43 heavy (non-hydrogen) atoms. The number of carboxylic acids is 1. The Morgan fingerprint density at radius 1 is 0.837 bits per heavy atom. The lowest BCUT2D eigenvalue weighted by molar-refractivity contribution is -0.137. The number of anilines is 2. The highest BCUT2D eigenvalue weighted by molar-refractivity contribution is 7.80. The zero-order valence-electron chi connectivity index (χ0n) is 24.8. The van der Waals surface area contributed by atoms with Crippen LogP contribution < -0.4 is 15.5 Å². The van der Waals surface area contributed by atoms with Gasteiger partial charge < -0.3 is 20.6 Å². The predicted octanol–water partition coefficient (Wildman–Crippen LogP) is 7.58. The number of benzene rings is 4. The Morgan fingerprint density at radius 2 is 1.56 bits per heavy atom. The van der Waals surface area contributed by atoms with E-state index < -0.39 is 12.0 Å². The van der Waals surface area contributed by atoms with Crippen LogP contribution in [-0.2, 0) is 11.2 Å². The first-order chi connectivity index (χ1) is 20.9. The summed E-state index contributed by atoms with van der Waals surface area (Å²) in [5, 5.41) is 17.2. The van der Waals surface area contributed by atoms with Crippen molar-refractivity contribution in [2.24, 2.45) is 0 Å². The second-order valence-corrected chi connectivity index (χ2v) is 11.0. The van der Waals surface area contributed by atoms with Crippen LogP contribution in [0.4, 0.5) is 11.4 Å². The number of carbonyl (C=O) groups is 2. The van der Waals surface area contributed by atoms with Crippen molar-refractivity contribution in [1.82, 2.24) is 5.32 Å².